The lowest BCUT2D eigenvalue weighted by atomic mass is 9.96. The smallest absolute Gasteiger partial charge is 0.130 e. The molecule has 0 spiro atoms. The van der Waals surface area contributed by atoms with Crippen LogP contribution in [-0.2, 0) is 19.3 Å². The first kappa shape index (κ1) is 16.9. The van der Waals surface area contributed by atoms with Crippen LogP contribution in [0.4, 0.5) is 0 Å². The van der Waals surface area contributed by atoms with E-state index in [-0.39, 0.29) is 0 Å². The van der Waals surface area contributed by atoms with Crippen LogP contribution >= 0.6 is 0 Å². The van der Waals surface area contributed by atoms with Crippen molar-refractivity contribution in [3.63, 3.8) is 0 Å². The quantitative estimate of drug-likeness (QED) is 0.472. The summed E-state index contributed by atoms with van der Waals surface area (Å²) in [6, 6.07) is 20.0. The molecule has 1 aliphatic rings. The SMILES string of the molecule is CCCCc1ccc(-c2cccc3c2C=C(c2ccc(CC)o2)C3)cc1. The van der Waals surface area contributed by atoms with E-state index >= 15 is 0 Å². The third-order valence-corrected chi connectivity index (χ3v) is 5.31. The van der Waals surface area contributed by atoms with Crippen LogP contribution in [0.2, 0.25) is 0 Å². The van der Waals surface area contributed by atoms with Crippen molar-refractivity contribution in [3.8, 4) is 11.1 Å². The van der Waals surface area contributed by atoms with Gasteiger partial charge in [0.05, 0.1) is 0 Å². The van der Waals surface area contributed by atoms with Gasteiger partial charge >= 0.3 is 0 Å². The van der Waals surface area contributed by atoms with Gasteiger partial charge in [-0.1, -0.05) is 62.7 Å². The fraction of sp³-hybridized carbons (Fsp3) is 0.280. The van der Waals surface area contributed by atoms with Crippen molar-refractivity contribution < 1.29 is 4.42 Å². The number of hydrogen-bond donors (Lipinski definition) is 0. The van der Waals surface area contributed by atoms with Crippen LogP contribution in [0.5, 0.6) is 0 Å². The normalized spacial score (nSPS) is 12.9. The third kappa shape index (κ3) is 3.26. The molecule has 0 aliphatic heterocycles. The fourth-order valence-corrected chi connectivity index (χ4v) is 3.75. The van der Waals surface area contributed by atoms with Gasteiger partial charge in [0.2, 0.25) is 0 Å². The van der Waals surface area contributed by atoms with Gasteiger partial charge in [-0.25, -0.2) is 0 Å². The molecule has 26 heavy (non-hydrogen) atoms. The van der Waals surface area contributed by atoms with Crippen molar-refractivity contribution >= 4 is 11.6 Å². The van der Waals surface area contributed by atoms with Gasteiger partial charge in [0, 0.05) is 12.8 Å². The zero-order valence-corrected chi connectivity index (χ0v) is 15.7. The Morgan fingerprint density at radius 2 is 1.77 bits per heavy atom. The molecule has 4 rings (SSSR count). The minimum atomic E-state index is 0.940. The monoisotopic (exact) mass is 342 g/mol. The average Bonchev–Trinajstić information content (AvgIpc) is 3.33. The molecule has 0 atom stereocenters. The van der Waals surface area contributed by atoms with Crippen LogP contribution in [-0.4, -0.2) is 0 Å². The highest BCUT2D eigenvalue weighted by Gasteiger charge is 2.19. The fourth-order valence-electron chi connectivity index (χ4n) is 3.75. The summed E-state index contributed by atoms with van der Waals surface area (Å²) in [6.45, 7) is 4.37. The number of hydrogen-bond acceptors (Lipinski definition) is 1. The Bertz CT molecular complexity index is 925. The average molecular weight is 342 g/mol. The number of furan rings is 1. The van der Waals surface area contributed by atoms with Crippen LogP contribution in [0.25, 0.3) is 22.8 Å². The van der Waals surface area contributed by atoms with Gasteiger partial charge in [-0.15, -0.1) is 0 Å². The van der Waals surface area contributed by atoms with E-state index in [1.54, 1.807) is 0 Å². The first-order valence-electron chi connectivity index (χ1n) is 9.79. The zero-order valence-electron chi connectivity index (χ0n) is 15.7. The van der Waals surface area contributed by atoms with Gasteiger partial charge in [0.15, 0.2) is 0 Å². The van der Waals surface area contributed by atoms with E-state index < -0.39 is 0 Å². The second-order valence-electron chi connectivity index (χ2n) is 7.14. The summed E-state index contributed by atoms with van der Waals surface area (Å²) in [5.74, 6) is 2.07. The molecule has 1 heteroatoms. The van der Waals surface area contributed by atoms with Gasteiger partial charge in [0.25, 0.3) is 0 Å². The van der Waals surface area contributed by atoms with Crippen LogP contribution in [0.15, 0.2) is 59.0 Å². The Morgan fingerprint density at radius 1 is 0.923 bits per heavy atom. The molecule has 0 amide bonds. The highest BCUT2D eigenvalue weighted by Crippen LogP contribution is 2.38. The van der Waals surface area contributed by atoms with E-state index in [2.05, 4.69) is 74.5 Å². The molecular formula is C25H26O. The van der Waals surface area contributed by atoms with Gasteiger partial charge in [-0.05, 0) is 64.4 Å². The minimum absolute atomic E-state index is 0.940. The highest BCUT2D eigenvalue weighted by atomic mass is 16.3. The van der Waals surface area contributed by atoms with Crippen LogP contribution in [0.1, 0.15) is 54.9 Å². The van der Waals surface area contributed by atoms with Crippen LogP contribution in [0, 0.1) is 0 Å². The Hall–Kier alpha value is -2.54. The number of benzene rings is 2. The summed E-state index contributed by atoms with van der Waals surface area (Å²) in [6.07, 6.45) is 7.88. The van der Waals surface area contributed by atoms with Crippen molar-refractivity contribution in [1.29, 1.82) is 0 Å². The number of unbranched alkanes of at least 4 members (excludes halogenated alkanes) is 1. The maximum Gasteiger partial charge on any atom is 0.130 e. The molecule has 3 aromatic rings. The second-order valence-corrected chi connectivity index (χ2v) is 7.14. The predicted octanol–water partition coefficient (Wildman–Crippen LogP) is 6.95. The summed E-state index contributed by atoms with van der Waals surface area (Å²) in [7, 11) is 0. The predicted molar refractivity (Wildman–Crippen MR) is 110 cm³/mol. The van der Waals surface area contributed by atoms with Crippen LogP contribution in [0.3, 0.4) is 0 Å². The lowest BCUT2D eigenvalue weighted by Gasteiger charge is -2.09. The van der Waals surface area contributed by atoms with Gasteiger partial charge in [0.1, 0.15) is 11.5 Å². The maximum atomic E-state index is 5.98. The molecule has 0 fully saturated rings. The Morgan fingerprint density at radius 3 is 2.50 bits per heavy atom. The topological polar surface area (TPSA) is 13.1 Å². The van der Waals surface area contributed by atoms with E-state index in [4.69, 9.17) is 4.42 Å². The van der Waals surface area contributed by atoms with E-state index in [9.17, 15) is 0 Å². The number of rotatable bonds is 6. The molecule has 0 radical (unpaired) electrons. The largest absolute Gasteiger partial charge is 0.461 e. The first-order valence-corrected chi connectivity index (χ1v) is 9.79. The lowest BCUT2D eigenvalue weighted by molar-refractivity contribution is 0.503. The summed E-state index contributed by atoms with van der Waals surface area (Å²) in [5, 5.41) is 0. The number of allylic oxidation sites excluding steroid dienone is 1. The van der Waals surface area contributed by atoms with E-state index in [1.807, 2.05) is 0 Å². The van der Waals surface area contributed by atoms with Crippen molar-refractivity contribution in [3.05, 3.63) is 82.8 Å². The highest BCUT2D eigenvalue weighted by molar-refractivity contribution is 5.92. The van der Waals surface area contributed by atoms with Gasteiger partial charge < -0.3 is 4.42 Å². The second kappa shape index (κ2) is 7.37. The first-order chi connectivity index (χ1) is 12.8. The van der Waals surface area contributed by atoms with Crippen molar-refractivity contribution in [2.24, 2.45) is 0 Å². The standard InChI is InChI=1S/C25H26O/c1-3-5-7-18-10-12-19(13-11-18)23-9-6-8-20-16-21(17-24(20)23)25-15-14-22(4-2)26-25/h6,8-15,17H,3-5,7,16H2,1-2H3. The van der Waals surface area contributed by atoms with E-state index in [0.717, 1.165) is 24.4 Å². The molecule has 0 saturated carbocycles. The Balaban J connectivity index is 1.65. The van der Waals surface area contributed by atoms with Gasteiger partial charge in [-0.3, -0.25) is 0 Å². The Labute approximate surface area is 156 Å². The van der Waals surface area contributed by atoms with Crippen molar-refractivity contribution in [2.75, 3.05) is 0 Å². The summed E-state index contributed by atoms with van der Waals surface area (Å²) < 4.78 is 5.98. The number of aryl methyl sites for hydroxylation is 2. The molecule has 132 valence electrons. The molecule has 0 unspecified atom stereocenters. The summed E-state index contributed by atoms with van der Waals surface area (Å²) in [4.78, 5) is 0. The lowest BCUT2D eigenvalue weighted by Crippen LogP contribution is -1.89. The van der Waals surface area contributed by atoms with Crippen molar-refractivity contribution in [2.45, 2.75) is 46.0 Å². The van der Waals surface area contributed by atoms with Crippen molar-refractivity contribution in [1.82, 2.24) is 0 Å². The molecule has 0 bridgehead atoms. The molecule has 2 aromatic carbocycles. The minimum Gasteiger partial charge on any atom is -0.461 e. The van der Waals surface area contributed by atoms with Gasteiger partial charge in [-0.2, -0.15) is 0 Å². The molecule has 1 aromatic heterocycles. The van der Waals surface area contributed by atoms with E-state index in [0.29, 0.717) is 0 Å². The van der Waals surface area contributed by atoms with E-state index in [1.165, 1.54) is 52.7 Å². The zero-order chi connectivity index (χ0) is 17.9. The third-order valence-electron chi connectivity index (χ3n) is 5.31. The van der Waals surface area contributed by atoms with Crippen LogP contribution < -0.4 is 0 Å². The molecule has 0 saturated heterocycles. The number of fused-ring (bicyclic) bond motifs is 1. The summed E-state index contributed by atoms with van der Waals surface area (Å²) >= 11 is 0. The maximum absolute atomic E-state index is 5.98. The molecule has 1 aliphatic carbocycles. The molecule has 1 nitrogen and oxygen atoms in total. The molecular weight excluding hydrogens is 316 g/mol. The Kier molecular flexibility index (Phi) is 4.79. The summed E-state index contributed by atoms with van der Waals surface area (Å²) in [5.41, 5.74) is 8.07. The molecule has 1 heterocycles. The molecule has 0 N–H and O–H groups in total.